The molecule has 0 aliphatic heterocycles. The van der Waals surface area contributed by atoms with Crippen LogP contribution in [0.15, 0.2) is 48.7 Å². The number of nitrogens with zero attached hydrogens (tertiary/aromatic N) is 2. The van der Waals surface area contributed by atoms with Crippen molar-refractivity contribution in [3.63, 3.8) is 0 Å². The summed E-state index contributed by atoms with van der Waals surface area (Å²) in [7, 11) is 1.63. The number of hydrogen-bond donors (Lipinski definition) is 0. The van der Waals surface area contributed by atoms with E-state index in [-0.39, 0.29) is 60.2 Å². The Morgan fingerprint density at radius 1 is 1.09 bits per heavy atom. The molecule has 2 heterocycles. The molecule has 0 N–H and O–H groups in total. The van der Waals surface area contributed by atoms with E-state index < -0.39 is 0 Å². The molecule has 4 rings (SSSR count). The molecule has 0 unspecified atom stereocenters. The van der Waals surface area contributed by atoms with Crippen molar-refractivity contribution >= 4 is 27.3 Å². The van der Waals surface area contributed by atoms with Gasteiger partial charge in [0.05, 0.1) is 19.0 Å². The Kier molecular flexibility index (Phi) is 6.70. The molecule has 3 nitrogen and oxygen atoms in total. The Morgan fingerprint density at radius 2 is 1.82 bits per heavy atom. The van der Waals surface area contributed by atoms with Crippen LogP contribution in [0.5, 0.6) is 5.88 Å². The molecular formula is C17H14IrN2OY-2. The maximum absolute atomic E-state index is 5.25. The number of imidazole rings is 1. The zero-order chi connectivity index (χ0) is 12.8. The van der Waals surface area contributed by atoms with Gasteiger partial charge in [0.25, 0.3) is 0 Å². The van der Waals surface area contributed by atoms with Crippen molar-refractivity contribution in [2.75, 3.05) is 7.11 Å². The smallest absolute Gasteiger partial charge is 0.221 e. The van der Waals surface area contributed by atoms with Crippen molar-refractivity contribution in [2.24, 2.45) is 0 Å². The predicted molar refractivity (Wildman–Crippen MR) is 82.0 cm³/mol. The number of ether oxygens (including phenoxy) is 1. The van der Waals surface area contributed by atoms with E-state index in [0.717, 1.165) is 16.6 Å². The summed E-state index contributed by atoms with van der Waals surface area (Å²) in [5, 5.41) is 3.38. The molecule has 0 amide bonds. The van der Waals surface area contributed by atoms with Crippen LogP contribution < -0.4 is 4.74 Å². The van der Waals surface area contributed by atoms with Crippen LogP contribution in [0.1, 0.15) is 0 Å². The SMILES string of the molecule is COc1cn2c3ccccc3c3ccc[c-]c3c2n1.[CH3-].[Ir].[Y]. The van der Waals surface area contributed by atoms with Crippen molar-refractivity contribution in [1.82, 2.24) is 9.38 Å². The molecule has 0 aliphatic rings. The van der Waals surface area contributed by atoms with Crippen molar-refractivity contribution in [3.8, 4) is 5.88 Å². The van der Waals surface area contributed by atoms with Crippen molar-refractivity contribution < 1.29 is 57.6 Å². The molecule has 112 valence electrons. The van der Waals surface area contributed by atoms with Gasteiger partial charge in [-0.05, 0) is 11.5 Å². The van der Waals surface area contributed by atoms with Crippen LogP contribution in [0.2, 0.25) is 0 Å². The molecule has 0 spiro atoms. The number of fused-ring (bicyclic) bond motifs is 6. The third kappa shape index (κ3) is 2.86. The summed E-state index contributed by atoms with van der Waals surface area (Å²) in [6.45, 7) is 0. The van der Waals surface area contributed by atoms with E-state index in [9.17, 15) is 0 Å². The molecule has 2 radical (unpaired) electrons. The number of pyridine rings is 1. The molecule has 0 saturated carbocycles. The Bertz CT molecular complexity index is 848. The number of para-hydroxylation sites is 1. The predicted octanol–water partition coefficient (Wildman–Crippen LogP) is 3.89. The van der Waals surface area contributed by atoms with E-state index in [0.29, 0.717) is 5.88 Å². The maximum atomic E-state index is 5.25. The molecule has 2 aromatic heterocycles. The van der Waals surface area contributed by atoms with Gasteiger partial charge in [0.1, 0.15) is 0 Å². The fourth-order valence-corrected chi connectivity index (χ4v) is 2.57. The van der Waals surface area contributed by atoms with Crippen LogP contribution in [0, 0.1) is 13.5 Å². The first kappa shape index (κ1) is 19.3. The summed E-state index contributed by atoms with van der Waals surface area (Å²) in [6, 6.07) is 17.6. The van der Waals surface area contributed by atoms with E-state index >= 15 is 0 Å². The molecule has 5 heteroatoms. The van der Waals surface area contributed by atoms with Crippen LogP contribution in [-0.4, -0.2) is 16.5 Å². The van der Waals surface area contributed by atoms with E-state index in [2.05, 4.69) is 39.7 Å². The van der Waals surface area contributed by atoms with Crippen LogP contribution in [0.25, 0.3) is 27.3 Å². The maximum Gasteiger partial charge on any atom is 0.221 e. The van der Waals surface area contributed by atoms with Crippen LogP contribution in [-0.2, 0) is 52.8 Å². The topological polar surface area (TPSA) is 26.5 Å². The Labute approximate surface area is 168 Å². The average Bonchev–Trinajstić information content (AvgIpc) is 2.92. The fourth-order valence-electron chi connectivity index (χ4n) is 2.57. The summed E-state index contributed by atoms with van der Waals surface area (Å²) in [4.78, 5) is 4.52. The number of benzene rings is 2. The van der Waals surface area contributed by atoms with Gasteiger partial charge in [0, 0.05) is 58.3 Å². The minimum atomic E-state index is 0. The van der Waals surface area contributed by atoms with Gasteiger partial charge in [-0.15, -0.1) is 29.7 Å². The summed E-state index contributed by atoms with van der Waals surface area (Å²) in [5.74, 6) is 0.620. The average molecular weight is 543 g/mol. The zero-order valence-electron chi connectivity index (χ0n) is 12.3. The second-order valence-electron chi connectivity index (χ2n) is 4.45. The number of hydrogen-bond acceptors (Lipinski definition) is 2. The Morgan fingerprint density at radius 3 is 2.59 bits per heavy atom. The Hall–Kier alpha value is -0.797. The first-order valence-electron chi connectivity index (χ1n) is 6.13. The van der Waals surface area contributed by atoms with Crippen LogP contribution >= 0.6 is 0 Å². The van der Waals surface area contributed by atoms with Gasteiger partial charge in [-0.3, -0.25) is 0 Å². The number of aromatic nitrogens is 2. The Balaban J connectivity index is 0.000000807. The molecule has 0 atom stereocenters. The first-order chi connectivity index (χ1) is 9.38. The van der Waals surface area contributed by atoms with Crippen LogP contribution in [0.4, 0.5) is 0 Å². The van der Waals surface area contributed by atoms with E-state index in [1.165, 1.54) is 10.8 Å². The van der Waals surface area contributed by atoms with Crippen molar-refractivity contribution in [1.29, 1.82) is 0 Å². The van der Waals surface area contributed by atoms with E-state index in [1.807, 2.05) is 24.4 Å². The third-order valence-corrected chi connectivity index (χ3v) is 3.43. The van der Waals surface area contributed by atoms with Gasteiger partial charge in [-0.2, -0.15) is 0 Å². The molecule has 0 saturated heterocycles. The van der Waals surface area contributed by atoms with Crippen molar-refractivity contribution in [3.05, 3.63) is 62.2 Å². The summed E-state index contributed by atoms with van der Waals surface area (Å²) < 4.78 is 7.31. The van der Waals surface area contributed by atoms with Crippen LogP contribution in [0.3, 0.4) is 0 Å². The van der Waals surface area contributed by atoms with Gasteiger partial charge >= 0.3 is 0 Å². The minimum Gasteiger partial charge on any atom is -0.480 e. The van der Waals surface area contributed by atoms with E-state index in [1.54, 1.807) is 7.11 Å². The quantitative estimate of drug-likeness (QED) is 0.269. The minimum absolute atomic E-state index is 0. The molecule has 0 fully saturated rings. The van der Waals surface area contributed by atoms with Gasteiger partial charge in [0.15, 0.2) is 0 Å². The first-order valence-corrected chi connectivity index (χ1v) is 6.13. The zero-order valence-corrected chi connectivity index (χ0v) is 17.6. The largest absolute Gasteiger partial charge is 0.480 e. The fraction of sp³-hybridized carbons (Fsp3) is 0.0588. The second kappa shape index (κ2) is 7.65. The molecule has 0 bridgehead atoms. The summed E-state index contributed by atoms with van der Waals surface area (Å²) in [5.41, 5.74) is 2.01. The molecule has 2 aromatic carbocycles. The molecular weight excluding hydrogens is 529 g/mol. The van der Waals surface area contributed by atoms with E-state index in [4.69, 9.17) is 4.74 Å². The second-order valence-corrected chi connectivity index (χ2v) is 4.45. The third-order valence-electron chi connectivity index (χ3n) is 3.43. The normalized spacial score (nSPS) is 9.86. The molecule has 4 aromatic rings. The number of methoxy groups -OCH3 is 1. The van der Waals surface area contributed by atoms with Gasteiger partial charge in [-0.1, -0.05) is 23.6 Å². The van der Waals surface area contributed by atoms with Gasteiger partial charge in [0.2, 0.25) is 5.88 Å². The van der Waals surface area contributed by atoms with Gasteiger partial charge < -0.3 is 16.6 Å². The number of rotatable bonds is 1. The molecule has 22 heavy (non-hydrogen) atoms. The van der Waals surface area contributed by atoms with Crippen molar-refractivity contribution in [2.45, 2.75) is 0 Å². The summed E-state index contributed by atoms with van der Waals surface area (Å²) >= 11 is 0. The summed E-state index contributed by atoms with van der Waals surface area (Å²) in [6.07, 6.45) is 1.91. The van der Waals surface area contributed by atoms with Gasteiger partial charge in [-0.25, -0.2) is 4.98 Å². The molecule has 0 aliphatic carbocycles. The monoisotopic (exact) mass is 544 g/mol. The standard InChI is InChI=1S/C16H11N2O.CH3.Ir.Y/c1-19-15-10-18-14-9-5-4-7-12(14)11-6-2-3-8-13(11)16(18)17-15;;;/h2-7,9-10H,1H3;1H3;;/q2*-1;;.